The molecule has 0 aliphatic carbocycles. The van der Waals surface area contributed by atoms with Crippen molar-refractivity contribution in [2.24, 2.45) is 11.6 Å². The minimum atomic E-state index is -0.246. The van der Waals surface area contributed by atoms with Crippen LogP contribution in [0, 0.1) is 0 Å². The zero-order valence-electron chi connectivity index (χ0n) is 19.3. The summed E-state index contributed by atoms with van der Waals surface area (Å²) in [5.74, 6) is 6.66. The first-order valence-electron chi connectivity index (χ1n) is 11.1. The summed E-state index contributed by atoms with van der Waals surface area (Å²) in [5, 5.41) is 10.3. The second-order valence-electron chi connectivity index (χ2n) is 8.43. The quantitative estimate of drug-likeness (QED) is 0.234. The molecule has 0 saturated heterocycles. The lowest BCUT2D eigenvalue weighted by atomic mass is 9.97. The van der Waals surface area contributed by atoms with E-state index in [1.807, 2.05) is 42.5 Å². The maximum atomic E-state index is 12.7. The van der Waals surface area contributed by atoms with Gasteiger partial charge >= 0.3 is 5.69 Å². The molecule has 0 aliphatic rings. The molecular formula is C25H29N7O2. The van der Waals surface area contributed by atoms with Gasteiger partial charge in [-0.2, -0.15) is 0 Å². The second kappa shape index (κ2) is 9.90. The molecule has 6 N–H and O–H groups in total. The lowest BCUT2D eigenvalue weighted by Gasteiger charge is -2.13. The molecule has 4 rings (SSSR count). The third kappa shape index (κ3) is 4.85. The number of hydrogen-bond acceptors (Lipinski definition) is 7. The summed E-state index contributed by atoms with van der Waals surface area (Å²) < 4.78 is 1.61. The number of aromatic amines is 1. The van der Waals surface area contributed by atoms with Crippen molar-refractivity contribution in [2.75, 3.05) is 13.2 Å². The van der Waals surface area contributed by atoms with Crippen molar-refractivity contribution < 1.29 is 5.11 Å². The van der Waals surface area contributed by atoms with Crippen LogP contribution in [-0.4, -0.2) is 42.8 Å². The van der Waals surface area contributed by atoms with Gasteiger partial charge < -0.3 is 20.8 Å². The normalized spacial score (nSPS) is 12.0. The van der Waals surface area contributed by atoms with Crippen molar-refractivity contribution in [2.45, 2.75) is 26.3 Å². The molecule has 9 heteroatoms. The maximum absolute atomic E-state index is 12.7. The largest absolute Gasteiger partial charge is 0.397 e. The average molecular weight is 460 g/mol. The fourth-order valence-electron chi connectivity index (χ4n) is 3.84. The molecule has 0 saturated carbocycles. The number of nitrogens with one attached hydrogen (secondary N) is 1. The molecule has 9 nitrogen and oxygen atoms in total. The van der Waals surface area contributed by atoms with Crippen LogP contribution in [0.1, 0.15) is 36.5 Å². The number of aliphatic hydroxyl groups is 1. The molecule has 2 heterocycles. The topological polar surface area (TPSA) is 139 Å². The van der Waals surface area contributed by atoms with Crippen LogP contribution in [0.15, 0.2) is 65.7 Å². The van der Waals surface area contributed by atoms with Crippen molar-refractivity contribution in [1.29, 1.82) is 0 Å². The van der Waals surface area contributed by atoms with Crippen LogP contribution in [0.4, 0.5) is 0 Å². The minimum absolute atomic E-state index is 0.0626. The molecule has 0 radical (unpaired) electrons. The van der Waals surface area contributed by atoms with Gasteiger partial charge in [0.2, 0.25) is 0 Å². The zero-order chi connectivity index (χ0) is 24.2. The molecule has 0 atom stereocenters. The summed E-state index contributed by atoms with van der Waals surface area (Å²) in [6, 6.07) is 15.6. The van der Waals surface area contributed by atoms with Crippen molar-refractivity contribution in [3.63, 3.8) is 0 Å². The smallest absolute Gasteiger partial charge is 0.328 e. The second-order valence-corrected chi connectivity index (χ2v) is 8.43. The van der Waals surface area contributed by atoms with E-state index < -0.39 is 0 Å². The summed E-state index contributed by atoms with van der Waals surface area (Å²) in [4.78, 5) is 24.8. The van der Waals surface area contributed by atoms with E-state index >= 15 is 0 Å². The van der Waals surface area contributed by atoms with Gasteiger partial charge in [0.15, 0.2) is 11.5 Å². The number of benzene rings is 2. The zero-order valence-corrected chi connectivity index (χ0v) is 19.3. The van der Waals surface area contributed by atoms with Crippen LogP contribution >= 0.6 is 0 Å². The first-order chi connectivity index (χ1) is 16.4. The Labute approximate surface area is 197 Å². The van der Waals surface area contributed by atoms with Crippen molar-refractivity contribution >= 4 is 16.9 Å². The van der Waals surface area contributed by atoms with Crippen LogP contribution in [0.2, 0.25) is 0 Å². The van der Waals surface area contributed by atoms with Gasteiger partial charge in [-0.3, -0.25) is 4.57 Å². The van der Waals surface area contributed by atoms with Gasteiger partial charge in [0.1, 0.15) is 5.52 Å². The summed E-state index contributed by atoms with van der Waals surface area (Å²) >= 11 is 0. The number of hydrogen-bond donors (Lipinski definition) is 4. The molecule has 0 fully saturated rings. The number of aliphatic hydroxyl groups excluding tert-OH is 1. The molecule has 2 aromatic heterocycles. The van der Waals surface area contributed by atoms with Gasteiger partial charge in [-0.1, -0.05) is 62.4 Å². The first kappa shape index (κ1) is 23.2. The number of H-pyrrole nitrogens is 1. The predicted octanol–water partition coefficient (Wildman–Crippen LogP) is 2.38. The highest BCUT2D eigenvalue weighted by Crippen LogP contribution is 2.27. The van der Waals surface area contributed by atoms with E-state index in [4.69, 9.17) is 21.7 Å². The Kier molecular flexibility index (Phi) is 6.76. The molecule has 0 spiro atoms. The number of aromatic nitrogens is 4. The van der Waals surface area contributed by atoms with E-state index in [2.05, 4.69) is 29.9 Å². The van der Waals surface area contributed by atoms with Gasteiger partial charge in [0, 0.05) is 11.8 Å². The van der Waals surface area contributed by atoms with Crippen LogP contribution < -0.4 is 17.3 Å². The number of nitrogens with zero attached hydrogens (tertiary/aromatic N) is 4. The van der Waals surface area contributed by atoms with Crippen LogP contribution in [0.3, 0.4) is 0 Å². The van der Waals surface area contributed by atoms with Crippen LogP contribution in [0.25, 0.3) is 28.2 Å². The Morgan fingerprint density at radius 3 is 2.65 bits per heavy atom. The number of imidazole rings is 1. The van der Waals surface area contributed by atoms with Crippen LogP contribution in [0.5, 0.6) is 0 Å². The van der Waals surface area contributed by atoms with E-state index in [9.17, 15) is 4.79 Å². The third-order valence-electron chi connectivity index (χ3n) is 5.63. The summed E-state index contributed by atoms with van der Waals surface area (Å²) in [5.41, 5.74) is 11.3. The molecule has 0 aliphatic heterocycles. The van der Waals surface area contributed by atoms with E-state index in [1.165, 1.54) is 5.01 Å². The highest BCUT2D eigenvalue weighted by atomic mass is 16.3. The number of fused-ring (bicyclic) bond motifs is 1. The number of rotatable bonds is 8. The van der Waals surface area contributed by atoms with E-state index in [-0.39, 0.29) is 18.8 Å². The Bertz CT molecular complexity index is 1370. The lowest BCUT2D eigenvalue weighted by molar-refractivity contribution is 0.239. The van der Waals surface area contributed by atoms with E-state index in [0.717, 1.165) is 22.3 Å². The third-order valence-corrected chi connectivity index (χ3v) is 5.63. The van der Waals surface area contributed by atoms with Crippen LogP contribution in [-0.2, 0) is 6.54 Å². The van der Waals surface area contributed by atoms with Crippen molar-refractivity contribution in [1.82, 2.24) is 24.5 Å². The fourth-order valence-corrected chi connectivity index (χ4v) is 3.84. The number of hydrazine groups is 1. The minimum Gasteiger partial charge on any atom is -0.397 e. The summed E-state index contributed by atoms with van der Waals surface area (Å²) in [6.07, 6.45) is 3.23. The van der Waals surface area contributed by atoms with Crippen molar-refractivity contribution in [3.05, 3.63) is 88.1 Å². The molecular weight excluding hydrogens is 430 g/mol. The molecule has 0 amide bonds. The first-order valence-corrected chi connectivity index (χ1v) is 11.1. The highest BCUT2D eigenvalue weighted by Gasteiger charge is 2.15. The average Bonchev–Trinajstić information content (AvgIpc) is 3.13. The monoisotopic (exact) mass is 459 g/mol. The van der Waals surface area contributed by atoms with Gasteiger partial charge in [-0.05, 0) is 22.6 Å². The Balaban J connectivity index is 1.65. The Morgan fingerprint density at radius 2 is 1.94 bits per heavy atom. The highest BCUT2D eigenvalue weighted by molar-refractivity contribution is 5.74. The molecule has 2 aromatic carbocycles. The lowest BCUT2D eigenvalue weighted by Crippen LogP contribution is -2.29. The standard InChI is InChI=1S/C25H29N7O2/c1-16(2)19-5-3-4-6-20(19)23-28-13-22-24(30-23)32(25(34)29-22)14-17-7-9-18(10-8-17)21(26)15-31(27)11-12-33/h3-10,13,15-16,33H,11-12,14,26-27H2,1-2H3,(H,29,34)/b21-15-. The molecule has 4 aromatic rings. The molecule has 176 valence electrons. The van der Waals surface area contributed by atoms with E-state index in [0.29, 0.717) is 35.1 Å². The van der Waals surface area contributed by atoms with Gasteiger partial charge in [0.25, 0.3) is 0 Å². The molecule has 0 unspecified atom stereocenters. The van der Waals surface area contributed by atoms with E-state index in [1.54, 1.807) is 17.0 Å². The predicted molar refractivity (Wildman–Crippen MR) is 133 cm³/mol. The summed E-state index contributed by atoms with van der Waals surface area (Å²) in [6.45, 7) is 4.83. The van der Waals surface area contributed by atoms with Gasteiger partial charge in [-0.25, -0.2) is 20.6 Å². The van der Waals surface area contributed by atoms with Crippen molar-refractivity contribution in [3.8, 4) is 11.4 Å². The van der Waals surface area contributed by atoms with Gasteiger partial charge in [0.05, 0.1) is 31.6 Å². The SMILES string of the molecule is CC(C)c1ccccc1-c1ncc2[nH]c(=O)n(Cc3ccc(/C(N)=C/N(N)CCO)cc3)c2n1. The maximum Gasteiger partial charge on any atom is 0.328 e. The number of nitrogens with two attached hydrogens (primary N) is 2. The molecule has 0 bridgehead atoms. The summed E-state index contributed by atoms with van der Waals surface area (Å²) in [7, 11) is 0. The Hall–Kier alpha value is -3.95. The fraction of sp³-hybridized carbons (Fsp3) is 0.240. The van der Waals surface area contributed by atoms with Gasteiger partial charge in [-0.15, -0.1) is 0 Å². The molecule has 34 heavy (non-hydrogen) atoms. The Morgan fingerprint density at radius 1 is 1.21 bits per heavy atom.